The molecule has 3 nitrogen and oxygen atoms in total. The Morgan fingerprint density at radius 3 is 2.54 bits per heavy atom. The van der Waals surface area contributed by atoms with Gasteiger partial charge in [0.25, 0.3) is 0 Å². The molecule has 0 aliphatic rings. The third-order valence-corrected chi connectivity index (χ3v) is 4.84. The van der Waals surface area contributed by atoms with Crippen molar-refractivity contribution in [3.05, 3.63) is 70.9 Å². The summed E-state index contributed by atoms with van der Waals surface area (Å²) >= 11 is 0. The minimum absolute atomic E-state index is 0.0854. The molecule has 0 aliphatic heterocycles. The smallest absolute Gasteiger partial charge is 0.224 e. The average molecular weight is 320 g/mol. The van der Waals surface area contributed by atoms with Gasteiger partial charge in [-0.1, -0.05) is 42.5 Å². The zero-order valence-corrected chi connectivity index (χ0v) is 14.6. The first-order chi connectivity index (χ1) is 11.6. The number of nitrogens with one attached hydrogen (secondary N) is 1. The van der Waals surface area contributed by atoms with Crippen LogP contribution in [0.25, 0.3) is 10.9 Å². The summed E-state index contributed by atoms with van der Waals surface area (Å²) in [5, 5.41) is 4.34. The van der Waals surface area contributed by atoms with Gasteiger partial charge in [-0.3, -0.25) is 4.79 Å². The van der Waals surface area contributed by atoms with E-state index in [4.69, 9.17) is 0 Å². The van der Waals surface area contributed by atoms with Crippen LogP contribution >= 0.6 is 0 Å². The second-order valence-electron chi connectivity index (χ2n) is 6.34. The van der Waals surface area contributed by atoms with Gasteiger partial charge in [-0.15, -0.1) is 0 Å². The maximum atomic E-state index is 12.2. The first-order valence-corrected chi connectivity index (χ1v) is 8.42. The Morgan fingerprint density at radius 1 is 1.04 bits per heavy atom. The van der Waals surface area contributed by atoms with Crippen LogP contribution in [0.3, 0.4) is 0 Å². The van der Waals surface area contributed by atoms with E-state index in [9.17, 15) is 4.79 Å². The zero-order chi connectivity index (χ0) is 17.1. The molecule has 1 N–H and O–H groups in total. The summed E-state index contributed by atoms with van der Waals surface area (Å²) in [6.07, 6.45) is 1.30. The number of carbonyl (C=O) groups is 1. The van der Waals surface area contributed by atoms with Crippen LogP contribution in [0.15, 0.2) is 48.5 Å². The number of amides is 1. The number of benzene rings is 2. The van der Waals surface area contributed by atoms with Crippen molar-refractivity contribution in [2.24, 2.45) is 7.05 Å². The van der Waals surface area contributed by atoms with Crippen molar-refractivity contribution in [2.45, 2.75) is 26.7 Å². The highest BCUT2D eigenvalue weighted by Gasteiger charge is 2.11. The highest BCUT2D eigenvalue weighted by molar-refractivity contribution is 5.85. The Hall–Kier alpha value is -2.55. The minimum atomic E-state index is 0.0854. The van der Waals surface area contributed by atoms with E-state index in [2.05, 4.69) is 48.1 Å². The summed E-state index contributed by atoms with van der Waals surface area (Å²) in [5.74, 6) is 0.0854. The summed E-state index contributed by atoms with van der Waals surface area (Å²) < 4.78 is 2.22. The molecular weight excluding hydrogens is 296 g/mol. The van der Waals surface area contributed by atoms with Crippen LogP contribution in [-0.2, 0) is 24.7 Å². The van der Waals surface area contributed by atoms with E-state index in [0.29, 0.717) is 13.0 Å². The maximum Gasteiger partial charge on any atom is 0.224 e. The van der Waals surface area contributed by atoms with E-state index in [0.717, 1.165) is 17.5 Å². The first kappa shape index (κ1) is 16.3. The Morgan fingerprint density at radius 2 is 1.75 bits per heavy atom. The molecule has 0 spiro atoms. The van der Waals surface area contributed by atoms with Crippen LogP contribution in [0.4, 0.5) is 0 Å². The molecular formula is C21H24N2O. The molecule has 1 heterocycles. The van der Waals surface area contributed by atoms with Crippen molar-refractivity contribution in [2.75, 3.05) is 6.54 Å². The Labute approximate surface area is 143 Å². The quantitative estimate of drug-likeness (QED) is 0.764. The maximum absolute atomic E-state index is 12.2. The lowest BCUT2D eigenvalue weighted by Crippen LogP contribution is -2.27. The number of nitrogens with zero attached hydrogens (tertiary/aromatic N) is 1. The van der Waals surface area contributed by atoms with Crippen LogP contribution in [0, 0.1) is 13.8 Å². The molecule has 2 aromatic carbocycles. The van der Waals surface area contributed by atoms with Gasteiger partial charge in [0.15, 0.2) is 0 Å². The number of aryl methyl sites for hydroxylation is 2. The van der Waals surface area contributed by atoms with E-state index < -0.39 is 0 Å². The van der Waals surface area contributed by atoms with Crippen molar-refractivity contribution in [1.29, 1.82) is 0 Å². The number of para-hydroxylation sites is 1. The van der Waals surface area contributed by atoms with Crippen LogP contribution < -0.4 is 5.32 Å². The SMILES string of the molecule is Cc1ccccc1CC(=O)NCCc1c(C)n(C)c2ccccc12. The Balaban J connectivity index is 1.64. The van der Waals surface area contributed by atoms with Crippen molar-refractivity contribution in [3.8, 4) is 0 Å². The van der Waals surface area contributed by atoms with E-state index in [1.807, 2.05) is 31.2 Å². The van der Waals surface area contributed by atoms with Gasteiger partial charge in [-0.05, 0) is 43.0 Å². The van der Waals surface area contributed by atoms with Gasteiger partial charge >= 0.3 is 0 Å². The molecule has 3 heteroatoms. The van der Waals surface area contributed by atoms with Crippen molar-refractivity contribution in [3.63, 3.8) is 0 Å². The normalized spacial score (nSPS) is 11.0. The van der Waals surface area contributed by atoms with E-state index in [-0.39, 0.29) is 5.91 Å². The predicted molar refractivity (Wildman–Crippen MR) is 99.3 cm³/mol. The molecule has 0 fully saturated rings. The fourth-order valence-corrected chi connectivity index (χ4v) is 3.29. The standard InChI is InChI=1S/C21H24N2O/c1-15-8-4-5-9-17(15)14-21(24)22-13-12-18-16(2)23(3)20-11-7-6-10-19(18)20/h4-11H,12-14H2,1-3H3,(H,22,24). The van der Waals surface area contributed by atoms with E-state index in [1.54, 1.807) is 0 Å². The fraction of sp³-hybridized carbons (Fsp3) is 0.286. The molecule has 3 rings (SSSR count). The van der Waals surface area contributed by atoms with Crippen molar-refractivity contribution in [1.82, 2.24) is 9.88 Å². The lowest BCUT2D eigenvalue weighted by Gasteiger charge is -2.08. The van der Waals surface area contributed by atoms with E-state index >= 15 is 0 Å². The van der Waals surface area contributed by atoms with Crippen LogP contribution in [0.1, 0.15) is 22.4 Å². The van der Waals surface area contributed by atoms with Gasteiger partial charge < -0.3 is 9.88 Å². The van der Waals surface area contributed by atoms with Gasteiger partial charge in [0.1, 0.15) is 0 Å². The predicted octanol–water partition coefficient (Wildman–Crippen LogP) is 3.70. The fourth-order valence-electron chi connectivity index (χ4n) is 3.29. The number of carbonyl (C=O) groups excluding carboxylic acids is 1. The number of hydrogen-bond donors (Lipinski definition) is 1. The second-order valence-corrected chi connectivity index (χ2v) is 6.34. The third kappa shape index (κ3) is 3.21. The summed E-state index contributed by atoms with van der Waals surface area (Å²) in [4.78, 5) is 12.2. The summed E-state index contributed by atoms with van der Waals surface area (Å²) in [6, 6.07) is 16.5. The van der Waals surface area contributed by atoms with Gasteiger partial charge in [0.05, 0.1) is 6.42 Å². The Bertz CT molecular complexity index is 877. The van der Waals surface area contributed by atoms with E-state index in [1.165, 1.54) is 22.2 Å². The third-order valence-electron chi connectivity index (χ3n) is 4.84. The molecule has 3 aromatic rings. The topological polar surface area (TPSA) is 34.0 Å². The average Bonchev–Trinajstić information content (AvgIpc) is 2.82. The van der Waals surface area contributed by atoms with Crippen LogP contribution in [0.5, 0.6) is 0 Å². The number of fused-ring (bicyclic) bond motifs is 1. The lowest BCUT2D eigenvalue weighted by molar-refractivity contribution is -0.120. The molecule has 0 saturated carbocycles. The van der Waals surface area contributed by atoms with Gasteiger partial charge in [0.2, 0.25) is 5.91 Å². The first-order valence-electron chi connectivity index (χ1n) is 8.42. The van der Waals surface area contributed by atoms with Crippen LogP contribution in [0.2, 0.25) is 0 Å². The summed E-state index contributed by atoms with van der Waals surface area (Å²) in [6.45, 7) is 4.85. The highest BCUT2D eigenvalue weighted by atomic mass is 16.1. The van der Waals surface area contributed by atoms with Gasteiger partial charge in [-0.2, -0.15) is 0 Å². The zero-order valence-electron chi connectivity index (χ0n) is 14.6. The summed E-state index contributed by atoms with van der Waals surface area (Å²) in [5.41, 5.74) is 6.10. The molecule has 1 aromatic heterocycles. The molecule has 24 heavy (non-hydrogen) atoms. The van der Waals surface area contributed by atoms with Crippen molar-refractivity contribution >= 4 is 16.8 Å². The molecule has 0 atom stereocenters. The van der Waals surface area contributed by atoms with Crippen molar-refractivity contribution < 1.29 is 4.79 Å². The lowest BCUT2D eigenvalue weighted by atomic mass is 10.1. The summed E-state index contributed by atoms with van der Waals surface area (Å²) in [7, 11) is 2.10. The molecule has 0 aliphatic carbocycles. The van der Waals surface area contributed by atoms with Gasteiger partial charge in [0, 0.05) is 30.2 Å². The number of rotatable bonds is 5. The number of hydrogen-bond acceptors (Lipinski definition) is 1. The Kier molecular flexibility index (Phi) is 4.70. The van der Waals surface area contributed by atoms with Crippen LogP contribution in [-0.4, -0.2) is 17.0 Å². The molecule has 124 valence electrons. The van der Waals surface area contributed by atoms with Gasteiger partial charge in [-0.25, -0.2) is 0 Å². The molecule has 0 saturated heterocycles. The molecule has 0 unspecified atom stereocenters. The monoisotopic (exact) mass is 320 g/mol. The molecule has 0 bridgehead atoms. The number of aromatic nitrogens is 1. The largest absolute Gasteiger partial charge is 0.355 e. The second kappa shape index (κ2) is 6.91. The minimum Gasteiger partial charge on any atom is -0.355 e. The molecule has 0 radical (unpaired) electrons. The molecule has 1 amide bonds. The highest BCUT2D eigenvalue weighted by Crippen LogP contribution is 2.24.